The highest BCUT2D eigenvalue weighted by Gasteiger charge is 2.26. The molecule has 4 heteroatoms. The Morgan fingerprint density at radius 3 is 2.38 bits per heavy atom. The zero-order valence-electron chi connectivity index (χ0n) is 13.2. The van der Waals surface area contributed by atoms with E-state index in [1.807, 2.05) is 24.3 Å². The Bertz CT molecular complexity index is 462. The average molecular weight is 290 g/mol. The number of carbonyl (C=O) groups is 1. The van der Waals surface area contributed by atoms with Gasteiger partial charge in [0.05, 0.1) is 6.10 Å². The van der Waals surface area contributed by atoms with E-state index in [1.54, 1.807) is 0 Å². The summed E-state index contributed by atoms with van der Waals surface area (Å²) in [6.07, 6.45) is 3.21. The molecule has 21 heavy (non-hydrogen) atoms. The molecule has 0 bridgehead atoms. The van der Waals surface area contributed by atoms with Crippen molar-refractivity contribution in [2.24, 2.45) is 0 Å². The van der Waals surface area contributed by atoms with Gasteiger partial charge in [0.2, 0.25) is 5.91 Å². The fraction of sp³-hybridized carbons (Fsp3) is 0.588. The van der Waals surface area contributed by atoms with Crippen molar-refractivity contribution in [2.45, 2.75) is 58.2 Å². The van der Waals surface area contributed by atoms with Gasteiger partial charge in [0, 0.05) is 31.2 Å². The highest BCUT2D eigenvalue weighted by molar-refractivity contribution is 5.88. The molecule has 1 heterocycles. The normalized spacial score (nSPS) is 24.6. The number of hydrogen-bond acceptors (Lipinski definition) is 3. The number of aliphatic hydroxyl groups excluding tert-OH is 1. The lowest BCUT2D eigenvalue weighted by molar-refractivity contribution is -0.114. The molecule has 0 spiro atoms. The summed E-state index contributed by atoms with van der Waals surface area (Å²) < 4.78 is 0. The smallest absolute Gasteiger partial charge is 0.221 e. The second kappa shape index (κ2) is 7.05. The third-order valence-corrected chi connectivity index (χ3v) is 4.38. The highest BCUT2D eigenvalue weighted by atomic mass is 16.3. The Morgan fingerprint density at radius 2 is 1.86 bits per heavy atom. The van der Waals surface area contributed by atoms with Gasteiger partial charge >= 0.3 is 0 Å². The van der Waals surface area contributed by atoms with Crippen molar-refractivity contribution in [2.75, 3.05) is 11.9 Å². The Balaban J connectivity index is 1.99. The van der Waals surface area contributed by atoms with Crippen molar-refractivity contribution in [3.05, 3.63) is 29.8 Å². The summed E-state index contributed by atoms with van der Waals surface area (Å²) in [6.45, 7) is 6.63. The summed E-state index contributed by atoms with van der Waals surface area (Å²) >= 11 is 0. The molecule has 1 aliphatic rings. The van der Waals surface area contributed by atoms with E-state index < -0.39 is 6.10 Å². The summed E-state index contributed by atoms with van der Waals surface area (Å²) in [5.74, 6) is -0.0840. The van der Waals surface area contributed by atoms with Crippen LogP contribution in [0.4, 0.5) is 5.69 Å². The zero-order valence-corrected chi connectivity index (χ0v) is 13.2. The number of nitrogens with one attached hydrogen (secondary N) is 1. The van der Waals surface area contributed by atoms with Crippen LogP contribution in [-0.4, -0.2) is 34.5 Å². The molecule has 0 saturated carbocycles. The lowest BCUT2D eigenvalue weighted by Crippen LogP contribution is -2.45. The predicted molar refractivity (Wildman–Crippen MR) is 85.2 cm³/mol. The van der Waals surface area contributed by atoms with Crippen LogP contribution in [-0.2, 0) is 4.79 Å². The van der Waals surface area contributed by atoms with Gasteiger partial charge in [-0.2, -0.15) is 0 Å². The second-order valence-electron chi connectivity index (χ2n) is 6.14. The second-order valence-corrected chi connectivity index (χ2v) is 6.14. The minimum atomic E-state index is -0.487. The molecular weight excluding hydrogens is 264 g/mol. The van der Waals surface area contributed by atoms with Crippen molar-refractivity contribution < 1.29 is 9.90 Å². The fourth-order valence-electron chi connectivity index (χ4n) is 3.13. The van der Waals surface area contributed by atoms with Gasteiger partial charge < -0.3 is 10.4 Å². The number of piperidine rings is 1. The van der Waals surface area contributed by atoms with Crippen LogP contribution in [0, 0.1) is 0 Å². The third kappa shape index (κ3) is 4.29. The Kier molecular flexibility index (Phi) is 5.37. The number of aliphatic hydroxyl groups is 1. The lowest BCUT2D eigenvalue weighted by Gasteiger charge is -2.40. The monoisotopic (exact) mass is 290 g/mol. The van der Waals surface area contributed by atoms with E-state index in [4.69, 9.17) is 0 Å². The number of rotatable bonds is 4. The van der Waals surface area contributed by atoms with Gasteiger partial charge in [0.1, 0.15) is 0 Å². The Labute approximate surface area is 127 Å². The minimum Gasteiger partial charge on any atom is -0.387 e. The molecule has 1 fully saturated rings. The first kappa shape index (κ1) is 16.0. The number of hydrogen-bond donors (Lipinski definition) is 2. The van der Waals surface area contributed by atoms with Gasteiger partial charge in [-0.1, -0.05) is 18.6 Å². The molecule has 1 aliphatic heterocycles. The van der Waals surface area contributed by atoms with Crippen LogP contribution in [0.15, 0.2) is 24.3 Å². The molecule has 2 rings (SSSR count). The van der Waals surface area contributed by atoms with Crippen molar-refractivity contribution in [3.8, 4) is 0 Å². The summed E-state index contributed by atoms with van der Waals surface area (Å²) in [7, 11) is 0. The van der Waals surface area contributed by atoms with Gasteiger partial charge in [-0.3, -0.25) is 9.69 Å². The average Bonchev–Trinajstić information content (AvgIpc) is 2.43. The van der Waals surface area contributed by atoms with Crippen LogP contribution in [0.2, 0.25) is 0 Å². The van der Waals surface area contributed by atoms with E-state index >= 15 is 0 Å². The van der Waals surface area contributed by atoms with Crippen LogP contribution >= 0.6 is 0 Å². The Hall–Kier alpha value is -1.39. The van der Waals surface area contributed by atoms with E-state index in [9.17, 15) is 9.90 Å². The molecule has 1 amide bonds. The number of anilines is 1. The van der Waals surface area contributed by atoms with Gasteiger partial charge in [0.15, 0.2) is 0 Å². The van der Waals surface area contributed by atoms with Gasteiger partial charge in [-0.05, 0) is 44.4 Å². The summed E-state index contributed by atoms with van der Waals surface area (Å²) in [5, 5.41) is 13.2. The molecule has 3 atom stereocenters. The van der Waals surface area contributed by atoms with E-state index in [1.165, 1.54) is 26.2 Å². The number of carbonyl (C=O) groups excluding carboxylic acids is 1. The minimum absolute atomic E-state index is 0.0840. The molecule has 0 aliphatic carbocycles. The Morgan fingerprint density at radius 1 is 1.29 bits per heavy atom. The molecule has 1 aromatic rings. The largest absolute Gasteiger partial charge is 0.387 e. The SMILES string of the molecule is CC(=O)Nc1ccc(C(O)CN2C(C)CCCC2C)cc1. The molecule has 1 aromatic carbocycles. The predicted octanol–water partition coefficient (Wildman–Crippen LogP) is 2.94. The van der Waals surface area contributed by atoms with E-state index in [0.29, 0.717) is 18.6 Å². The molecular formula is C17H26N2O2. The number of benzene rings is 1. The summed E-state index contributed by atoms with van der Waals surface area (Å²) in [5.41, 5.74) is 1.66. The van der Waals surface area contributed by atoms with Crippen molar-refractivity contribution in [1.29, 1.82) is 0 Å². The van der Waals surface area contributed by atoms with E-state index in [2.05, 4.69) is 24.1 Å². The molecule has 2 N–H and O–H groups in total. The quantitative estimate of drug-likeness (QED) is 0.896. The van der Waals surface area contributed by atoms with Gasteiger partial charge in [-0.25, -0.2) is 0 Å². The van der Waals surface area contributed by atoms with Crippen LogP contribution in [0.1, 0.15) is 51.7 Å². The van der Waals surface area contributed by atoms with E-state index in [0.717, 1.165) is 11.3 Å². The lowest BCUT2D eigenvalue weighted by atomic mass is 9.96. The number of amides is 1. The van der Waals surface area contributed by atoms with Crippen molar-refractivity contribution in [3.63, 3.8) is 0 Å². The molecule has 116 valence electrons. The molecule has 4 nitrogen and oxygen atoms in total. The first-order valence-electron chi connectivity index (χ1n) is 7.78. The summed E-state index contributed by atoms with van der Waals surface area (Å²) in [4.78, 5) is 13.4. The van der Waals surface area contributed by atoms with Crippen molar-refractivity contribution in [1.82, 2.24) is 4.90 Å². The van der Waals surface area contributed by atoms with Crippen LogP contribution in [0.25, 0.3) is 0 Å². The van der Waals surface area contributed by atoms with Crippen LogP contribution < -0.4 is 5.32 Å². The molecule has 1 saturated heterocycles. The highest BCUT2D eigenvalue weighted by Crippen LogP contribution is 2.26. The fourth-order valence-corrected chi connectivity index (χ4v) is 3.13. The maximum Gasteiger partial charge on any atom is 0.221 e. The molecule has 0 aromatic heterocycles. The van der Waals surface area contributed by atoms with Crippen molar-refractivity contribution >= 4 is 11.6 Å². The first-order chi connectivity index (χ1) is 9.97. The molecule has 3 unspecified atom stereocenters. The maximum atomic E-state index is 11.0. The van der Waals surface area contributed by atoms with Gasteiger partial charge in [0.25, 0.3) is 0 Å². The van der Waals surface area contributed by atoms with E-state index in [-0.39, 0.29) is 5.91 Å². The maximum absolute atomic E-state index is 11.0. The number of β-amino-alcohol motifs (C(OH)–C–C–N with tert-alkyl or cyclic N) is 1. The zero-order chi connectivity index (χ0) is 15.4. The van der Waals surface area contributed by atoms with Crippen LogP contribution in [0.3, 0.4) is 0 Å². The van der Waals surface area contributed by atoms with Crippen LogP contribution in [0.5, 0.6) is 0 Å². The number of likely N-dealkylation sites (tertiary alicyclic amines) is 1. The third-order valence-electron chi connectivity index (χ3n) is 4.38. The first-order valence-corrected chi connectivity index (χ1v) is 7.78. The summed E-state index contributed by atoms with van der Waals surface area (Å²) in [6, 6.07) is 8.50. The number of nitrogens with zero attached hydrogens (tertiary/aromatic N) is 1. The molecule has 0 radical (unpaired) electrons. The standard InChI is InChI=1S/C17H26N2O2/c1-12-5-4-6-13(2)19(12)11-17(21)15-7-9-16(10-8-15)18-14(3)20/h7-10,12-13,17,21H,4-6,11H2,1-3H3,(H,18,20). The van der Waals surface area contributed by atoms with Gasteiger partial charge in [-0.15, -0.1) is 0 Å². The topological polar surface area (TPSA) is 52.6 Å².